The topological polar surface area (TPSA) is 70.2 Å². The van der Waals surface area contributed by atoms with E-state index in [-0.39, 0.29) is 11.8 Å². The molecule has 1 amide bonds. The summed E-state index contributed by atoms with van der Waals surface area (Å²) in [7, 11) is 1.66. The highest BCUT2D eigenvalue weighted by atomic mass is 16.5. The van der Waals surface area contributed by atoms with E-state index in [1.807, 2.05) is 61.7 Å². The number of benzene rings is 2. The molecule has 2 aromatic carbocycles. The Morgan fingerprint density at radius 2 is 2.03 bits per heavy atom. The molecule has 0 unspecified atom stereocenters. The number of amides is 1. The Balaban J connectivity index is 1.44. The molecule has 6 heteroatoms. The third-order valence-electron chi connectivity index (χ3n) is 5.61. The first-order chi connectivity index (χ1) is 14.6. The van der Waals surface area contributed by atoms with Crippen LogP contribution in [0.15, 0.2) is 54.7 Å². The third-order valence-corrected chi connectivity index (χ3v) is 5.61. The summed E-state index contributed by atoms with van der Waals surface area (Å²) >= 11 is 0. The van der Waals surface area contributed by atoms with Crippen molar-refractivity contribution < 1.29 is 9.53 Å². The third kappa shape index (κ3) is 4.71. The van der Waals surface area contributed by atoms with E-state index in [1.54, 1.807) is 7.11 Å². The highest BCUT2D eigenvalue weighted by Crippen LogP contribution is 2.30. The number of hydrogen-bond donors (Lipinski definition) is 2. The Bertz CT molecular complexity index is 996. The van der Waals surface area contributed by atoms with Crippen molar-refractivity contribution in [2.24, 2.45) is 5.92 Å². The van der Waals surface area contributed by atoms with Crippen LogP contribution in [0, 0.1) is 12.8 Å². The van der Waals surface area contributed by atoms with Crippen molar-refractivity contribution in [1.29, 1.82) is 0 Å². The van der Waals surface area contributed by atoms with Crippen LogP contribution in [-0.4, -0.2) is 41.0 Å². The molecular formula is C24H28N4O2. The van der Waals surface area contributed by atoms with Crippen LogP contribution in [0.4, 0.5) is 5.69 Å². The maximum absolute atomic E-state index is 13.1. The predicted octanol–water partition coefficient (Wildman–Crippen LogP) is 4.24. The van der Waals surface area contributed by atoms with Crippen molar-refractivity contribution in [3.63, 3.8) is 0 Å². The van der Waals surface area contributed by atoms with Crippen molar-refractivity contribution in [3.05, 3.63) is 66.2 Å². The van der Waals surface area contributed by atoms with Gasteiger partial charge in [0.05, 0.1) is 13.0 Å². The van der Waals surface area contributed by atoms with Crippen molar-refractivity contribution in [2.75, 3.05) is 25.5 Å². The van der Waals surface area contributed by atoms with Crippen LogP contribution in [0.3, 0.4) is 0 Å². The molecule has 3 aromatic rings. The van der Waals surface area contributed by atoms with Crippen molar-refractivity contribution in [1.82, 2.24) is 14.9 Å². The minimum atomic E-state index is -0.0216. The number of hydrogen-bond acceptors (Lipinski definition) is 4. The molecule has 1 fully saturated rings. The number of anilines is 1. The summed E-state index contributed by atoms with van der Waals surface area (Å²) in [5, 5.41) is 3.18. The number of ether oxygens (including phenoxy) is 1. The number of methoxy groups -OCH3 is 1. The Morgan fingerprint density at radius 3 is 2.77 bits per heavy atom. The van der Waals surface area contributed by atoms with Gasteiger partial charge in [0.2, 0.25) is 5.91 Å². The number of carbonyl (C=O) groups is 1. The fourth-order valence-corrected chi connectivity index (χ4v) is 4.06. The molecule has 0 bridgehead atoms. The summed E-state index contributed by atoms with van der Waals surface area (Å²) in [6, 6.07) is 15.8. The summed E-state index contributed by atoms with van der Waals surface area (Å²) in [5.74, 6) is 1.80. The molecule has 0 saturated carbocycles. The molecule has 1 atom stereocenters. The first kappa shape index (κ1) is 20.2. The van der Waals surface area contributed by atoms with Gasteiger partial charge in [-0.1, -0.05) is 30.3 Å². The van der Waals surface area contributed by atoms with E-state index < -0.39 is 0 Å². The number of rotatable bonds is 6. The molecule has 6 nitrogen and oxygen atoms in total. The fourth-order valence-electron chi connectivity index (χ4n) is 4.06. The molecule has 1 aliphatic rings. The molecule has 1 saturated heterocycles. The van der Waals surface area contributed by atoms with Crippen LogP contribution in [0.1, 0.15) is 24.4 Å². The predicted molar refractivity (Wildman–Crippen MR) is 118 cm³/mol. The fraction of sp³-hybridized carbons (Fsp3) is 0.333. The van der Waals surface area contributed by atoms with Crippen molar-refractivity contribution in [3.8, 4) is 16.9 Å². The number of carbonyl (C=O) groups excluding carboxylic acids is 1. The lowest BCUT2D eigenvalue weighted by molar-refractivity contribution is -0.121. The van der Waals surface area contributed by atoms with Gasteiger partial charge in [-0.15, -0.1) is 0 Å². The van der Waals surface area contributed by atoms with Crippen LogP contribution in [0.2, 0.25) is 0 Å². The number of piperidine rings is 1. The molecule has 0 aliphatic carbocycles. The maximum Gasteiger partial charge on any atom is 0.228 e. The highest BCUT2D eigenvalue weighted by Gasteiger charge is 2.26. The molecule has 0 spiro atoms. The monoisotopic (exact) mass is 404 g/mol. The number of nitrogens with zero attached hydrogens (tertiary/aromatic N) is 2. The number of para-hydroxylation sites is 1. The molecule has 1 aliphatic heterocycles. The number of imidazole rings is 1. The molecule has 30 heavy (non-hydrogen) atoms. The number of aryl methyl sites for hydroxylation is 1. The zero-order valence-corrected chi connectivity index (χ0v) is 17.5. The summed E-state index contributed by atoms with van der Waals surface area (Å²) in [6.07, 6.45) is 3.81. The second kappa shape index (κ2) is 9.13. The number of likely N-dealkylation sites (tertiary alicyclic amines) is 1. The first-order valence-electron chi connectivity index (χ1n) is 10.4. The van der Waals surface area contributed by atoms with Gasteiger partial charge < -0.3 is 15.0 Å². The standard InChI is InChI=1S/C24H28N4O2/c1-17-25-14-20(26-17)16-28-13-5-6-19(15-28)24(29)27-23-8-4-3-7-22(23)18-9-11-21(30-2)12-10-18/h3-4,7-12,14,19H,5-6,13,15-16H2,1-2H3,(H,25,26)(H,27,29)/t19-/m0/s1. The molecule has 1 aromatic heterocycles. The molecular weight excluding hydrogens is 376 g/mol. The number of H-pyrrole nitrogens is 1. The van der Waals surface area contributed by atoms with Gasteiger partial charge in [0, 0.05) is 36.2 Å². The smallest absolute Gasteiger partial charge is 0.228 e. The Hall–Kier alpha value is -3.12. The van der Waals surface area contributed by atoms with E-state index in [1.165, 1.54) is 0 Å². The van der Waals surface area contributed by atoms with Gasteiger partial charge in [-0.25, -0.2) is 4.98 Å². The van der Waals surface area contributed by atoms with Gasteiger partial charge in [-0.2, -0.15) is 0 Å². The highest BCUT2D eigenvalue weighted by molar-refractivity contribution is 5.97. The minimum Gasteiger partial charge on any atom is -0.497 e. The van der Waals surface area contributed by atoms with E-state index in [0.29, 0.717) is 0 Å². The van der Waals surface area contributed by atoms with Crippen LogP contribution < -0.4 is 10.1 Å². The number of aromatic amines is 1. The largest absolute Gasteiger partial charge is 0.497 e. The zero-order chi connectivity index (χ0) is 20.9. The molecule has 2 N–H and O–H groups in total. The second-order valence-electron chi connectivity index (χ2n) is 7.83. The normalized spacial score (nSPS) is 16.9. The van der Waals surface area contributed by atoms with Gasteiger partial charge in [-0.3, -0.25) is 9.69 Å². The van der Waals surface area contributed by atoms with Gasteiger partial charge in [0.25, 0.3) is 0 Å². The van der Waals surface area contributed by atoms with E-state index in [2.05, 4.69) is 20.2 Å². The lowest BCUT2D eigenvalue weighted by atomic mass is 9.96. The van der Waals surface area contributed by atoms with Gasteiger partial charge in [-0.05, 0) is 50.1 Å². The van der Waals surface area contributed by atoms with Crippen LogP contribution >= 0.6 is 0 Å². The van der Waals surface area contributed by atoms with E-state index >= 15 is 0 Å². The number of nitrogens with one attached hydrogen (secondary N) is 2. The Morgan fingerprint density at radius 1 is 1.23 bits per heavy atom. The molecule has 0 radical (unpaired) electrons. The summed E-state index contributed by atoms with van der Waals surface area (Å²) in [5.41, 5.74) is 3.99. The van der Waals surface area contributed by atoms with E-state index in [0.717, 1.165) is 66.6 Å². The van der Waals surface area contributed by atoms with E-state index in [4.69, 9.17) is 4.74 Å². The average Bonchev–Trinajstić information content (AvgIpc) is 3.19. The van der Waals surface area contributed by atoms with Gasteiger partial charge in [0.1, 0.15) is 11.6 Å². The maximum atomic E-state index is 13.1. The molecule has 2 heterocycles. The van der Waals surface area contributed by atoms with Gasteiger partial charge in [0.15, 0.2) is 0 Å². The second-order valence-corrected chi connectivity index (χ2v) is 7.83. The molecule has 156 valence electrons. The molecule has 4 rings (SSSR count). The summed E-state index contributed by atoms with van der Waals surface area (Å²) in [4.78, 5) is 23.0. The Labute approximate surface area is 177 Å². The number of aromatic nitrogens is 2. The van der Waals surface area contributed by atoms with Crippen LogP contribution in [0.25, 0.3) is 11.1 Å². The first-order valence-corrected chi connectivity index (χ1v) is 10.4. The van der Waals surface area contributed by atoms with E-state index in [9.17, 15) is 4.79 Å². The van der Waals surface area contributed by atoms with Crippen LogP contribution in [-0.2, 0) is 11.3 Å². The average molecular weight is 405 g/mol. The van der Waals surface area contributed by atoms with Gasteiger partial charge >= 0.3 is 0 Å². The Kier molecular flexibility index (Phi) is 6.14. The zero-order valence-electron chi connectivity index (χ0n) is 17.5. The summed E-state index contributed by atoms with van der Waals surface area (Å²) < 4.78 is 5.25. The van der Waals surface area contributed by atoms with Crippen molar-refractivity contribution in [2.45, 2.75) is 26.3 Å². The summed E-state index contributed by atoms with van der Waals surface area (Å²) in [6.45, 7) is 4.52. The lowest BCUT2D eigenvalue weighted by Crippen LogP contribution is -2.40. The minimum absolute atomic E-state index is 0.0216. The SMILES string of the molecule is COc1ccc(-c2ccccc2NC(=O)[C@H]2CCCN(Cc3cnc(C)[nH]3)C2)cc1. The van der Waals surface area contributed by atoms with Crippen molar-refractivity contribution >= 4 is 11.6 Å². The quantitative estimate of drug-likeness (QED) is 0.645. The lowest BCUT2D eigenvalue weighted by Gasteiger charge is -2.31. The van der Waals surface area contributed by atoms with Crippen LogP contribution in [0.5, 0.6) is 5.75 Å².